The van der Waals surface area contributed by atoms with Crippen LogP contribution in [0.25, 0.3) is 0 Å². The molecule has 2 heterocycles. The molecular weight excluding hydrogens is 344 g/mol. The number of pyridine rings is 1. The number of carboxylic acid groups (broad SMARTS) is 1. The molecule has 1 N–H and O–H groups in total. The van der Waals surface area contributed by atoms with Crippen LogP contribution in [0, 0.1) is 0 Å². The van der Waals surface area contributed by atoms with Gasteiger partial charge in [0.1, 0.15) is 5.82 Å². The number of piperidine rings is 1. The smallest absolute Gasteiger partial charge is 0.317 e. The first-order valence-electron chi connectivity index (χ1n) is 9.96. The summed E-state index contributed by atoms with van der Waals surface area (Å²) < 4.78 is 0. The monoisotopic (exact) mass is 376 g/mol. The van der Waals surface area contributed by atoms with Gasteiger partial charge in [0.25, 0.3) is 5.91 Å². The lowest BCUT2D eigenvalue weighted by molar-refractivity contribution is -0.139. The summed E-state index contributed by atoms with van der Waals surface area (Å²) in [6.07, 6.45) is 4.34. The Hall–Kier alpha value is -2.15. The van der Waals surface area contributed by atoms with Gasteiger partial charge in [0.2, 0.25) is 0 Å². The van der Waals surface area contributed by atoms with Gasteiger partial charge in [-0.05, 0) is 44.9 Å². The van der Waals surface area contributed by atoms with Crippen molar-refractivity contribution < 1.29 is 14.7 Å². The van der Waals surface area contributed by atoms with E-state index in [1.165, 1.54) is 0 Å². The van der Waals surface area contributed by atoms with Gasteiger partial charge in [-0.15, -0.1) is 0 Å². The van der Waals surface area contributed by atoms with Crippen LogP contribution >= 0.6 is 0 Å². The molecule has 0 aromatic carbocycles. The number of amides is 1. The maximum absolute atomic E-state index is 12.8. The van der Waals surface area contributed by atoms with Crippen LogP contribution < -0.4 is 4.90 Å². The van der Waals surface area contributed by atoms with Crippen LogP contribution in [-0.4, -0.2) is 77.1 Å². The fourth-order valence-corrected chi connectivity index (χ4v) is 3.69. The van der Waals surface area contributed by atoms with Crippen LogP contribution in [0.5, 0.6) is 0 Å². The van der Waals surface area contributed by atoms with E-state index in [-0.39, 0.29) is 18.5 Å². The number of rotatable bonds is 9. The first-order valence-corrected chi connectivity index (χ1v) is 9.96. The van der Waals surface area contributed by atoms with E-state index in [2.05, 4.69) is 23.7 Å². The topological polar surface area (TPSA) is 77.0 Å². The summed E-state index contributed by atoms with van der Waals surface area (Å²) in [5.41, 5.74) is 0.614. The highest BCUT2D eigenvalue weighted by atomic mass is 16.4. The molecular formula is C20H32N4O3. The molecule has 0 radical (unpaired) electrons. The average Bonchev–Trinajstić information content (AvgIpc) is 2.70. The van der Waals surface area contributed by atoms with Crippen molar-refractivity contribution in [3.8, 4) is 0 Å². The van der Waals surface area contributed by atoms with Crippen molar-refractivity contribution in [2.45, 2.75) is 46.1 Å². The van der Waals surface area contributed by atoms with Gasteiger partial charge in [0.05, 0.1) is 12.1 Å². The van der Waals surface area contributed by atoms with E-state index in [4.69, 9.17) is 5.11 Å². The second-order valence-electron chi connectivity index (χ2n) is 6.96. The standard InChI is InChI=1S/C20H32N4O3/c1-4-11-22(5-2)18-8-7-16(14-21-18)20(27)24-12-9-17(10-13-24)23(6-3)15-19(25)26/h7-8,14,17H,4-6,9-13,15H2,1-3H3,(H,25,26). The third-order valence-corrected chi connectivity index (χ3v) is 5.21. The zero-order valence-corrected chi connectivity index (χ0v) is 16.7. The van der Waals surface area contributed by atoms with Gasteiger partial charge in [0, 0.05) is 38.4 Å². The number of anilines is 1. The Morgan fingerprint density at radius 1 is 1.19 bits per heavy atom. The van der Waals surface area contributed by atoms with E-state index in [9.17, 15) is 9.59 Å². The molecule has 0 aliphatic carbocycles. The van der Waals surface area contributed by atoms with Gasteiger partial charge in [-0.25, -0.2) is 4.98 Å². The Balaban J connectivity index is 1.94. The summed E-state index contributed by atoms with van der Waals surface area (Å²) in [6, 6.07) is 4.01. The lowest BCUT2D eigenvalue weighted by Gasteiger charge is -2.37. The van der Waals surface area contributed by atoms with E-state index in [1.807, 2.05) is 28.9 Å². The molecule has 0 bridgehead atoms. The number of aliphatic carboxylic acids is 1. The van der Waals surface area contributed by atoms with Crippen molar-refractivity contribution in [1.29, 1.82) is 0 Å². The zero-order chi connectivity index (χ0) is 19.8. The van der Waals surface area contributed by atoms with Gasteiger partial charge in [0.15, 0.2) is 0 Å². The molecule has 1 saturated heterocycles. The number of aromatic nitrogens is 1. The molecule has 1 fully saturated rings. The van der Waals surface area contributed by atoms with Crippen molar-refractivity contribution >= 4 is 17.7 Å². The normalized spacial score (nSPS) is 15.2. The second-order valence-corrected chi connectivity index (χ2v) is 6.96. The van der Waals surface area contributed by atoms with Crippen molar-refractivity contribution in [1.82, 2.24) is 14.8 Å². The molecule has 1 aromatic heterocycles. The summed E-state index contributed by atoms with van der Waals surface area (Å²) in [5.74, 6) is 0.111. The fourth-order valence-electron chi connectivity index (χ4n) is 3.69. The van der Waals surface area contributed by atoms with Crippen molar-refractivity contribution in [3.63, 3.8) is 0 Å². The molecule has 150 valence electrons. The quantitative estimate of drug-likeness (QED) is 0.713. The number of hydrogen-bond donors (Lipinski definition) is 1. The number of carbonyl (C=O) groups excluding carboxylic acids is 1. The molecule has 7 nitrogen and oxygen atoms in total. The average molecular weight is 377 g/mol. The highest BCUT2D eigenvalue weighted by molar-refractivity contribution is 5.94. The number of likely N-dealkylation sites (tertiary alicyclic amines) is 1. The number of nitrogens with zero attached hydrogens (tertiary/aromatic N) is 4. The Morgan fingerprint density at radius 3 is 2.37 bits per heavy atom. The minimum absolute atomic E-state index is 0.00678. The molecule has 2 rings (SSSR count). The zero-order valence-electron chi connectivity index (χ0n) is 16.7. The van der Waals surface area contributed by atoms with Crippen LogP contribution in [0.4, 0.5) is 5.82 Å². The molecule has 1 aliphatic heterocycles. The van der Waals surface area contributed by atoms with Crippen LogP contribution in [0.2, 0.25) is 0 Å². The highest BCUT2D eigenvalue weighted by Crippen LogP contribution is 2.19. The van der Waals surface area contributed by atoms with Gasteiger partial charge >= 0.3 is 5.97 Å². The SMILES string of the molecule is CCCN(CC)c1ccc(C(=O)N2CCC(N(CC)CC(=O)O)CC2)cn1. The van der Waals surface area contributed by atoms with Gasteiger partial charge in [-0.1, -0.05) is 13.8 Å². The van der Waals surface area contributed by atoms with Crippen LogP contribution in [0.1, 0.15) is 50.4 Å². The Morgan fingerprint density at radius 2 is 1.89 bits per heavy atom. The van der Waals surface area contributed by atoms with E-state index in [1.54, 1.807) is 6.20 Å². The molecule has 1 aromatic rings. The molecule has 1 aliphatic rings. The third kappa shape index (κ3) is 5.66. The van der Waals surface area contributed by atoms with Gasteiger partial charge < -0.3 is 14.9 Å². The van der Waals surface area contributed by atoms with E-state index >= 15 is 0 Å². The predicted octanol–water partition coefficient (Wildman–Crippen LogP) is 2.33. The second kappa shape index (κ2) is 10.3. The molecule has 0 atom stereocenters. The van der Waals surface area contributed by atoms with E-state index in [0.717, 1.165) is 38.2 Å². The van der Waals surface area contributed by atoms with Crippen molar-refractivity contribution in [3.05, 3.63) is 23.9 Å². The largest absolute Gasteiger partial charge is 0.480 e. The van der Waals surface area contributed by atoms with Crippen molar-refractivity contribution in [2.75, 3.05) is 44.2 Å². The Kier molecular flexibility index (Phi) is 8.03. The summed E-state index contributed by atoms with van der Waals surface area (Å²) in [7, 11) is 0. The number of carboxylic acids is 1. The minimum Gasteiger partial charge on any atom is -0.480 e. The minimum atomic E-state index is -0.800. The van der Waals surface area contributed by atoms with Crippen LogP contribution in [0.3, 0.4) is 0 Å². The van der Waals surface area contributed by atoms with Crippen molar-refractivity contribution in [2.24, 2.45) is 0 Å². The molecule has 0 saturated carbocycles. The summed E-state index contributed by atoms with van der Waals surface area (Å²) in [4.78, 5) is 34.3. The van der Waals surface area contributed by atoms with Gasteiger partial charge in [-0.2, -0.15) is 0 Å². The number of likely N-dealkylation sites (N-methyl/N-ethyl adjacent to an activating group) is 1. The highest BCUT2D eigenvalue weighted by Gasteiger charge is 2.27. The molecule has 0 spiro atoms. The summed E-state index contributed by atoms with van der Waals surface area (Å²) in [6.45, 7) is 10.1. The lowest BCUT2D eigenvalue weighted by atomic mass is 10.0. The Labute approximate surface area is 162 Å². The van der Waals surface area contributed by atoms with Crippen LogP contribution in [-0.2, 0) is 4.79 Å². The molecule has 0 unspecified atom stereocenters. The first kappa shape index (κ1) is 21.2. The maximum Gasteiger partial charge on any atom is 0.317 e. The number of hydrogen-bond acceptors (Lipinski definition) is 5. The molecule has 7 heteroatoms. The van der Waals surface area contributed by atoms with Crippen LogP contribution in [0.15, 0.2) is 18.3 Å². The number of carbonyl (C=O) groups is 2. The fraction of sp³-hybridized carbons (Fsp3) is 0.650. The summed E-state index contributed by atoms with van der Waals surface area (Å²) >= 11 is 0. The van der Waals surface area contributed by atoms with E-state index < -0.39 is 5.97 Å². The summed E-state index contributed by atoms with van der Waals surface area (Å²) in [5, 5.41) is 9.03. The first-order chi connectivity index (χ1) is 13.0. The Bertz CT molecular complexity index is 612. The maximum atomic E-state index is 12.8. The molecule has 1 amide bonds. The third-order valence-electron chi connectivity index (χ3n) is 5.21. The van der Waals surface area contributed by atoms with E-state index in [0.29, 0.717) is 25.2 Å². The lowest BCUT2D eigenvalue weighted by Crippen LogP contribution is -2.48. The molecule has 27 heavy (non-hydrogen) atoms. The predicted molar refractivity (Wildman–Crippen MR) is 106 cm³/mol. The van der Waals surface area contributed by atoms with Gasteiger partial charge in [-0.3, -0.25) is 14.5 Å².